The fourth-order valence-electron chi connectivity index (χ4n) is 3.59. The van der Waals surface area contributed by atoms with E-state index in [-0.39, 0.29) is 5.69 Å². The highest BCUT2D eigenvalue weighted by molar-refractivity contribution is 5.99. The van der Waals surface area contributed by atoms with Gasteiger partial charge in [0, 0.05) is 6.07 Å². The molecule has 154 valence electrons. The van der Waals surface area contributed by atoms with Crippen molar-refractivity contribution in [1.29, 1.82) is 0 Å². The molecule has 0 amide bonds. The molecule has 29 heavy (non-hydrogen) atoms. The van der Waals surface area contributed by atoms with Crippen molar-refractivity contribution < 1.29 is 18.1 Å². The summed E-state index contributed by atoms with van der Waals surface area (Å²) >= 11 is 0. The van der Waals surface area contributed by atoms with Crippen molar-refractivity contribution in [1.82, 2.24) is 0 Å². The number of hydrazone groups is 1. The van der Waals surface area contributed by atoms with Gasteiger partial charge in [0.15, 0.2) is 0 Å². The summed E-state index contributed by atoms with van der Waals surface area (Å²) < 4.78 is 38.4. The summed E-state index contributed by atoms with van der Waals surface area (Å²) in [4.78, 5) is 10.3. The van der Waals surface area contributed by atoms with Crippen molar-refractivity contribution in [2.45, 2.75) is 51.1 Å². The lowest BCUT2D eigenvalue weighted by Crippen LogP contribution is -2.07. The molecular weight excluding hydrogens is 383 g/mol. The van der Waals surface area contributed by atoms with Crippen LogP contribution in [0.25, 0.3) is 0 Å². The van der Waals surface area contributed by atoms with Crippen LogP contribution in [-0.2, 0) is 6.18 Å². The van der Waals surface area contributed by atoms with E-state index in [2.05, 4.69) is 22.7 Å². The van der Waals surface area contributed by atoms with Crippen LogP contribution in [0.1, 0.15) is 61.6 Å². The summed E-state index contributed by atoms with van der Waals surface area (Å²) in [6, 6.07) is 10.4. The zero-order valence-corrected chi connectivity index (χ0v) is 16.0. The quantitative estimate of drug-likeness (QED) is 0.351. The predicted molar refractivity (Wildman–Crippen MR) is 106 cm³/mol. The Hall–Kier alpha value is -2.90. The Bertz CT molecular complexity index is 902. The van der Waals surface area contributed by atoms with Gasteiger partial charge in [0.1, 0.15) is 5.69 Å². The van der Waals surface area contributed by atoms with Gasteiger partial charge in [0.25, 0.3) is 5.69 Å². The minimum absolute atomic E-state index is 0.0961. The van der Waals surface area contributed by atoms with Crippen molar-refractivity contribution in [3.05, 3.63) is 69.3 Å². The number of rotatable bonds is 5. The molecule has 1 saturated carbocycles. The molecule has 0 atom stereocenters. The second kappa shape index (κ2) is 8.63. The van der Waals surface area contributed by atoms with E-state index in [0.29, 0.717) is 17.7 Å². The zero-order valence-electron chi connectivity index (χ0n) is 16.0. The largest absolute Gasteiger partial charge is 0.416 e. The Labute approximate surface area is 166 Å². The number of halogens is 3. The van der Waals surface area contributed by atoms with Crippen LogP contribution < -0.4 is 5.43 Å². The van der Waals surface area contributed by atoms with Crippen molar-refractivity contribution in [2.24, 2.45) is 5.10 Å². The van der Waals surface area contributed by atoms with Gasteiger partial charge < -0.3 is 0 Å². The number of hydrogen-bond donors (Lipinski definition) is 1. The van der Waals surface area contributed by atoms with Crippen molar-refractivity contribution >= 4 is 17.1 Å². The third-order valence-corrected chi connectivity index (χ3v) is 5.27. The maximum atomic E-state index is 12.8. The first-order valence-corrected chi connectivity index (χ1v) is 9.52. The maximum Gasteiger partial charge on any atom is 0.416 e. The van der Waals surface area contributed by atoms with Crippen LogP contribution in [0.15, 0.2) is 47.6 Å². The van der Waals surface area contributed by atoms with E-state index >= 15 is 0 Å². The Morgan fingerprint density at radius 2 is 1.76 bits per heavy atom. The number of benzene rings is 2. The normalized spacial score (nSPS) is 15.9. The standard InChI is InChI=1S/C21H22F3N3O2/c1-14(15-7-9-17(10-8-15)16-5-3-2-4-6-16)25-26-19-12-11-18(21(22,23)24)13-20(19)27(28)29/h7-13,16,26H,2-6H2,1H3. The molecular formula is C21H22F3N3O2. The van der Waals surface area contributed by atoms with Crippen molar-refractivity contribution in [2.75, 3.05) is 5.43 Å². The van der Waals surface area contributed by atoms with Gasteiger partial charge in [0.05, 0.1) is 16.2 Å². The average Bonchev–Trinajstić information content (AvgIpc) is 2.72. The van der Waals surface area contributed by atoms with Crippen LogP contribution in [-0.4, -0.2) is 10.6 Å². The van der Waals surface area contributed by atoms with E-state index < -0.39 is 22.4 Å². The lowest BCUT2D eigenvalue weighted by Gasteiger charge is -2.22. The second-order valence-corrected chi connectivity index (χ2v) is 7.25. The summed E-state index contributed by atoms with van der Waals surface area (Å²) in [7, 11) is 0. The molecule has 1 aliphatic carbocycles. The van der Waals surface area contributed by atoms with Gasteiger partial charge in [-0.3, -0.25) is 15.5 Å². The van der Waals surface area contributed by atoms with Crippen LogP contribution in [0.4, 0.5) is 24.5 Å². The number of nitro benzene ring substituents is 1. The van der Waals surface area contributed by atoms with Gasteiger partial charge in [-0.15, -0.1) is 0 Å². The van der Waals surface area contributed by atoms with E-state index in [9.17, 15) is 23.3 Å². The van der Waals surface area contributed by atoms with Gasteiger partial charge in [-0.2, -0.15) is 18.3 Å². The number of alkyl halides is 3. The van der Waals surface area contributed by atoms with Gasteiger partial charge in [-0.25, -0.2) is 0 Å². The molecule has 0 bridgehead atoms. The van der Waals surface area contributed by atoms with Crippen LogP contribution in [0, 0.1) is 10.1 Å². The SMILES string of the molecule is CC(=NNc1ccc(C(F)(F)F)cc1[N+](=O)[O-])c1ccc(C2CCCCC2)cc1. The molecule has 1 fully saturated rings. The summed E-state index contributed by atoms with van der Waals surface area (Å²) in [5, 5.41) is 15.3. The van der Waals surface area contributed by atoms with E-state index in [1.165, 1.54) is 37.7 Å². The first-order valence-electron chi connectivity index (χ1n) is 9.52. The smallest absolute Gasteiger partial charge is 0.271 e. The third kappa shape index (κ3) is 5.13. The molecule has 0 radical (unpaired) electrons. The van der Waals surface area contributed by atoms with Gasteiger partial charge in [0.2, 0.25) is 0 Å². The first-order chi connectivity index (χ1) is 13.8. The predicted octanol–water partition coefficient (Wildman–Crippen LogP) is 6.50. The lowest BCUT2D eigenvalue weighted by molar-refractivity contribution is -0.384. The first kappa shape index (κ1) is 20.8. The molecule has 0 heterocycles. The van der Waals surface area contributed by atoms with Crippen LogP contribution in [0.2, 0.25) is 0 Å². The maximum absolute atomic E-state index is 12.8. The van der Waals surface area contributed by atoms with Crippen molar-refractivity contribution in [3.63, 3.8) is 0 Å². The fourth-order valence-corrected chi connectivity index (χ4v) is 3.59. The number of anilines is 1. The molecule has 0 aromatic heterocycles. The molecule has 0 aliphatic heterocycles. The topological polar surface area (TPSA) is 67.5 Å². The fraction of sp³-hybridized carbons (Fsp3) is 0.381. The van der Waals surface area contributed by atoms with Crippen LogP contribution >= 0.6 is 0 Å². The summed E-state index contributed by atoms with van der Waals surface area (Å²) in [5.74, 6) is 0.586. The minimum atomic E-state index is -4.65. The number of nitrogens with one attached hydrogen (secondary N) is 1. The number of nitrogens with zero attached hydrogens (tertiary/aromatic N) is 2. The molecule has 8 heteroatoms. The summed E-state index contributed by atoms with van der Waals surface area (Å²) in [6.07, 6.45) is 1.55. The van der Waals surface area contributed by atoms with Gasteiger partial charge in [-0.1, -0.05) is 43.5 Å². The highest BCUT2D eigenvalue weighted by atomic mass is 19.4. The molecule has 2 aromatic rings. The highest BCUT2D eigenvalue weighted by Gasteiger charge is 2.33. The van der Waals surface area contributed by atoms with E-state index in [1.807, 2.05) is 12.1 Å². The number of hydrogen-bond acceptors (Lipinski definition) is 4. The molecule has 1 N–H and O–H groups in total. The Morgan fingerprint density at radius 3 is 2.34 bits per heavy atom. The zero-order chi connectivity index (χ0) is 21.0. The van der Waals surface area contributed by atoms with E-state index in [1.54, 1.807) is 6.92 Å². The molecule has 0 unspecified atom stereocenters. The lowest BCUT2D eigenvalue weighted by atomic mass is 9.84. The monoisotopic (exact) mass is 405 g/mol. The van der Waals surface area contributed by atoms with Gasteiger partial charge >= 0.3 is 6.18 Å². The molecule has 0 saturated heterocycles. The van der Waals surface area contributed by atoms with Crippen LogP contribution in [0.5, 0.6) is 0 Å². The van der Waals surface area contributed by atoms with E-state index in [0.717, 1.165) is 17.7 Å². The average molecular weight is 405 g/mol. The molecule has 1 aliphatic rings. The Kier molecular flexibility index (Phi) is 6.20. The molecule has 5 nitrogen and oxygen atoms in total. The molecule has 3 rings (SSSR count). The highest BCUT2D eigenvalue weighted by Crippen LogP contribution is 2.35. The minimum Gasteiger partial charge on any atom is -0.271 e. The van der Waals surface area contributed by atoms with Crippen LogP contribution in [0.3, 0.4) is 0 Å². The van der Waals surface area contributed by atoms with E-state index in [4.69, 9.17) is 0 Å². The van der Waals surface area contributed by atoms with Crippen molar-refractivity contribution in [3.8, 4) is 0 Å². The Balaban J connectivity index is 1.76. The molecule has 0 spiro atoms. The Morgan fingerprint density at radius 1 is 1.10 bits per heavy atom. The summed E-state index contributed by atoms with van der Waals surface area (Å²) in [6.45, 7) is 1.73. The molecule has 2 aromatic carbocycles. The third-order valence-electron chi connectivity index (χ3n) is 5.27. The number of nitro groups is 1. The summed E-state index contributed by atoms with van der Waals surface area (Å²) in [5.41, 5.74) is 3.40. The second-order valence-electron chi connectivity index (χ2n) is 7.25. The van der Waals surface area contributed by atoms with Gasteiger partial charge in [-0.05, 0) is 48.9 Å².